The topological polar surface area (TPSA) is 15.3 Å². The van der Waals surface area contributed by atoms with Gasteiger partial charge in [-0.15, -0.1) is 11.3 Å². The Bertz CT molecular complexity index is 340. The average Bonchev–Trinajstić information content (AvgIpc) is 2.91. The number of likely N-dealkylation sites (tertiary alicyclic amines) is 1. The molecule has 2 rings (SSSR count). The highest BCUT2D eigenvalue weighted by Gasteiger charge is 2.24. The van der Waals surface area contributed by atoms with Gasteiger partial charge in [-0.25, -0.2) is 0 Å². The Kier molecular flexibility index (Phi) is 5.86. The molecule has 0 amide bonds. The first-order chi connectivity index (χ1) is 9.20. The van der Waals surface area contributed by atoms with E-state index in [0.717, 1.165) is 0 Å². The molecule has 0 bridgehead atoms. The van der Waals surface area contributed by atoms with Gasteiger partial charge in [0, 0.05) is 17.0 Å². The van der Waals surface area contributed by atoms with Crippen LogP contribution in [0.1, 0.15) is 51.0 Å². The van der Waals surface area contributed by atoms with E-state index in [1.165, 1.54) is 43.8 Å². The Morgan fingerprint density at radius 1 is 1.37 bits per heavy atom. The smallest absolute Gasteiger partial charge is 0.0440 e. The minimum atomic E-state index is 0.530. The number of nitrogens with one attached hydrogen (secondary N) is 1. The molecule has 3 heteroatoms. The number of thiophene rings is 1. The summed E-state index contributed by atoms with van der Waals surface area (Å²) in [6.07, 6.45) is 3.88. The third-order valence-corrected chi connectivity index (χ3v) is 5.01. The van der Waals surface area contributed by atoms with Gasteiger partial charge in [-0.1, -0.05) is 26.8 Å². The van der Waals surface area contributed by atoms with Crippen LogP contribution in [-0.4, -0.2) is 30.6 Å². The lowest BCUT2D eigenvalue weighted by Gasteiger charge is -2.35. The third kappa shape index (κ3) is 4.30. The molecule has 2 heterocycles. The number of rotatable bonds is 6. The van der Waals surface area contributed by atoms with Crippen LogP contribution < -0.4 is 5.32 Å². The first-order valence-corrected chi connectivity index (χ1v) is 8.60. The number of piperidine rings is 1. The van der Waals surface area contributed by atoms with Crippen LogP contribution in [0, 0.1) is 5.92 Å². The van der Waals surface area contributed by atoms with E-state index in [-0.39, 0.29) is 0 Å². The molecule has 0 aromatic carbocycles. The molecule has 1 aliphatic rings. The maximum atomic E-state index is 3.90. The number of hydrogen-bond donors (Lipinski definition) is 1. The first-order valence-electron chi connectivity index (χ1n) is 7.72. The summed E-state index contributed by atoms with van der Waals surface area (Å²) in [7, 11) is 0. The Hall–Kier alpha value is -0.380. The van der Waals surface area contributed by atoms with Gasteiger partial charge < -0.3 is 10.2 Å². The van der Waals surface area contributed by atoms with E-state index in [4.69, 9.17) is 0 Å². The second-order valence-corrected chi connectivity index (χ2v) is 7.00. The fraction of sp³-hybridized carbons (Fsp3) is 0.750. The van der Waals surface area contributed by atoms with E-state index in [2.05, 4.69) is 48.5 Å². The van der Waals surface area contributed by atoms with Gasteiger partial charge in [0.25, 0.3) is 0 Å². The van der Waals surface area contributed by atoms with Gasteiger partial charge in [0.15, 0.2) is 0 Å². The quantitative estimate of drug-likeness (QED) is 0.850. The molecule has 1 aliphatic heterocycles. The van der Waals surface area contributed by atoms with Crippen molar-refractivity contribution in [2.24, 2.45) is 5.92 Å². The van der Waals surface area contributed by atoms with Crippen molar-refractivity contribution in [1.82, 2.24) is 10.2 Å². The van der Waals surface area contributed by atoms with Crippen LogP contribution >= 0.6 is 11.3 Å². The van der Waals surface area contributed by atoms with Gasteiger partial charge in [0.05, 0.1) is 0 Å². The molecule has 1 unspecified atom stereocenters. The summed E-state index contributed by atoms with van der Waals surface area (Å²) in [5.41, 5.74) is 0. The third-order valence-electron chi connectivity index (χ3n) is 4.06. The van der Waals surface area contributed by atoms with Gasteiger partial charge in [-0.05, 0) is 56.3 Å². The second kappa shape index (κ2) is 7.41. The predicted molar refractivity (Wildman–Crippen MR) is 84.8 cm³/mol. The average molecular weight is 280 g/mol. The molecule has 1 fully saturated rings. The Labute approximate surface area is 122 Å². The monoisotopic (exact) mass is 280 g/mol. The number of hydrogen-bond acceptors (Lipinski definition) is 3. The largest absolute Gasteiger partial charge is 0.306 e. The molecule has 1 saturated heterocycles. The maximum absolute atomic E-state index is 3.90. The van der Waals surface area contributed by atoms with Crippen LogP contribution in [0.2, 0.25) is 0 Å². The lowest BCUT2D eigenvalue weighted by atomic mass is 9.98. The molecule has 108 valence electrons. The summed E-state index contributed by atoms with van der Waals surface area (Å²) in [4.78, 5) is 4.10. The van der Waals surface area contributed by atoms with E-state index in [1.807, 2.05) is 11.3 Å². The molecular formula is C16H28N2S. The maximum Gasteiger partial charge on any atom is 0.0440 e. The van der Waals surface area contributed by atoms with Crippen LogP contribution in [0.25, 0.3) is 0 Å². The van der Waals surface area contributed by atoms with Crippen molar-refractivity contribution >= 4 is 11.3 Å². The van der Waals surface area contributed by atoms with Crippen LogP contribution in [-0.2, 0) is 0 Å². The van der Waals surface area contributed by atoms with Crippen LogP contribution in [0.15, 0.2) is 17.5 Å². The van der Waals surface area contributed by atoms with Crippen LogP contribution in [0.4, 0.5) is 0 Å². The van der Waals surface area contributed by atoms with Gasteiger partial charge in [0.1, 0.15) is 0 Å². The molecule has 0 radical (unpaired) electrons. The van der Waals surface area contributed by atoms with Crippen molar-refractivity contribution in [2.45, 2.75) is 52.1 Å². The highest BCUT2D eigenvalue weighted by molar-refractivity contribution is 7.10. The zero-order valence-corrected chi connectivity index (χ0v) is 13.4. The van der Waals surface area contributed by atoms with Gasteiger partial charge in [0.2, 0.25) is 0 Å². The number of nitrogens with zero attached hydrogens (tertiary/aromatic N) is 1. The first kappa shape index (κ1) is 15.0. The van der Waals surface area contributed by atoms with Crippen molar-refractivity contribution in [3.05, 3.63) is 22.4 Å². The molecule has 0 saturated carbocycles. The Morgan fingerprint density at radius 3 is 2.63 bits per heavy atom. The summed E-state index contributed by atoms with van der Waals surface area (Å²) < 4.78 is 0. The normalized spacial score (nSPS) is 20.0. The molecule has 1 aromatic rings. The van der Waals surface area contributed by atoms with E-state index < -0.39 is 0 Å². The van der Waals surface area contributed by atoms with Crippen LogP contribution in [0.5, 0.6) is 0 Å². The molecule has 0 aliphatic carbocycles. The molecule has 19 heavy (non-hydrogen) atoms. The second-order valence-electron chi connectivity index (χ2n) is 6.02. The summed E-state index contributed by atoms with van der Waals surface area (Å²) in [6, 6.07) is 5.67. The lowest BCUT2D eigenvalue weighted by Crippen LogP contribution is -2.44. The van der Waals surface area contributed by atoms with E-state index in [1.54, 1.807) is 0 Å². The minimum absolute atomic E-state index is 0.530. The SMILES string of the molecule is CCCN1CCC(NC(c2cccs2)C(C)C)CC1. The zero-order valence-electron chi connectivity index (χ0n) is 12.6. The molecular weight excluding hydrogens is 252 g/mol. The van der Waals surface area contributed by atoms with Gasteiger partial charge in [-0.3, -0.25) is 0 Å². The molecule has 2 nitrogen and oxygen atoms in total. The van der Waals surface area contributed by atoms with Crippen molar-refractivity contribution in [3.63, 3.8) is 0 Å². The fourth-order valence-electron chi connectivity index (χ4n) is 2.96. The summed E-state index contributed by atoms with van der Waals surface area (Å²) >= 11 is 1.88. The van der Waals surface area contributed by atoms with E-state index in [9.17, 15) is 0 Å². The zero-order chi connectivity index (χ0) is 13.7. The van der Waals surface area contributed by atoms with Gasteiger partial charge >= 0.3 is 0 Å². The summed E-state index contributed by atoms with van der Waals surface area (Å²) in [5.74, 6) is 0.660. The van der Waals surface area contributed by atoms with Crippen molar-refractivity contribution in [3.8, 4) is 0 Å². The highest BCUT2D eigenvalue weighted by Crippen LogP contribution is 2.27. The molecule has 1 atom stereocenters. The van der Waals surface area contributed by atoms with E-state index in [0.29, 0.717) is 18.0 Å². The summed E-state index contributed by atoms with van der Waals surface area (Å²) in [6.45, 7) is 10.7. The molecule has 1 aromatic heterocycles. The fourth-order valence-corrected chi connectivity index (χ4v) is 3.92. The molecule has 1 N–H and O–H groups in total. The predicted octanol–water partition coefficient (Wildman–Crippen LogP) is 3.91. The Morgan fingerprint density at radius 2 is 2.11 bits per heavy atom. The van der Waals surface area contributed by atoms with Crippen molar-refractivity contribution < 1.29 is 0 Å². The van der Waals surface area contributed by atoms with Crippen molar-refractivity contribution in [1.29, 1.82) is 0 Å². The van der Waals surface area contributed by atoms with Gasteiger partial charge in [-0.2, -0.15) is 0 Å². The molecule has 0 spiro atoms. The van der Waals surface area contributed by atoms with E-state index >= 15 is 0 Å². The lowest BCUT2D eigenvalue weighted by molar-refractivity contribution is 0.185. The highest BCUT2D eigenvalue weighted by atomic mass is 32.1. The van der Waals surface area contributed by atoms with Crippen LogP contribution in [0.3, 0.4) is 0 Å². The van der Waals surface area contributed by atoms with Crippen molar-refractivity contribution in [2.75, 3.05) is 19.6 Å². The Balaban J connectivity index is 1.86. The summed E-state index contributed by atoms with van der Waals surface area (Å²) in [5, 5.41) is 6.09. The standard InChI is InChI=1S/C16H28N2S/c1-4-9-18-10-7-14(8-11-18)17-16(13(2)3)15-6-5-12-19-15/h5-6,12-14,16-17H,4,7-11H2,1-3H3. The minimum Gasteiger partial charge on any atom is -0.306 e.